The molecule has 0 amide bonds. The number of sulfonamides is 1. The van der Waals surface area contributed by atoms with Crippen LogP contribution >= 0.6 is 0 Å². The Kier molecular flexibility index (Phi) is 2.51. The Bertz CT molecular complexity index is 513. The molecule has 6 heteroatoms. The quantitative estimate of drug-likeness (QED) is 0.871. The smallest absolute Gasteiger partial charge is 0.241 e. The van der Waals surface area contributed by atoms with Gasteiger partial charge in [0.05, 0.1) is 0 Å². The van der Waals surface area contributed by atoms with E-state index in [9.17, 15) is 12.8 Å². The number of hydrogen-bond acceptors (Lipinski definition) is 3. The van der Waals surface area contributed by atoms with Gasteiger partial charge in [-0.3, -0.25) is 0 Å². The van der Waals surface area contributed by atoms with E-state index in [1.807, 2.05) is 13.8 Å². The Hall–Kier alpha value is -1.01. The van der Waals surface area contributed by atoms with E-state index in [0.29, 0.717) is 0 Å². The van der Waals surface area contributed by atoms with E-state index < -0.39 is 20.9 Å². The zero-order valence-corrected chi connectivity index (χ0v) is 9.88. The van der Waals surface area contributed by atoms with Gasteiger partial charge in [-0.1, -0.05) is 13.8 Å². The molecule has 0 spiro atoms. The second-order valence-corrected chi connectivity index (χ2v) is 6.29. The van der Waals surface area contributed by atoms with Crippen molar-refractivity contribution in [3.63, 3.8) is 0 Å². The summed E-state index contributed by atoms with van der Waals surface area (Å²) in [5.74, 6) is -0.826. The highest BCUT2D eigenvalue weighted by Crippen LogP contribution is 2.45. The van der Waals surface area contributed by atoms with Gasteiger partial charge >= 0.3 is 0 Å². The molecule has 1 saturated carbocycles. The van der Waals surface area contributed by atoms with Crippen molar-refractivity contribution in [2.45, 2.75) is 31.3 Å². The largest absolute Gasteiger partial charge is 0.261 e. The fourth-order valence-corrected chi connectivity index (χ4v) is 2.89. The van der Waals surface area contributed by atoms with Crippen molar-refractivity contribution in [1.82, 2.24) is 9.71 Å². The lowest BCUT2D eigenvalue weighted by atomic mass is 10.2. The predicted octanol–water partition coefficient (Wildman–Crippen LogP) is 1.30. The van der Waals surface area contributed by atoms with Crippen LogP contribution in [0.4, 0.5) is 4.39 Å². The van der Waals surface area contributed by atoms with Crippen LogP contribution in [0.1, 0.15) is 20.3 Å². The third-order valence-corrected chi connectivity index (χ3v) is 4.19. The van der Waals surface area contributed by atoms with Crippen LogP contribution in [0, 0.1) is 11.2 Å². The molecule has 1 aliphatic carbocycles. The normalized spacial score (nSPS) is 23.1. The molecule has 0 radical (unpaired) electrons. The van der Waals surface area contributed by atoms with Gasteiger partial charge in [0.1, 0.15) is 0 Å². The van der Waals surface area contributed by atoms with Crippen LogP contribution in [-0.2, 0) is 10.0 Å². The summed E-state index contributed by atoms with van der Waals surface area (Å²) < 4.78 is 39.3. The number of hydrogen-bond donors (Lipinski definition) is 1. The molecule has 16 heavy (non-hydrogen) atoms. The highest BCUT2D eigenvalue weighted by Gasteiger charge is 2.48. The molecule has 2 rings (SSSR count). The Morgan fingerprint density at radius 2 is 2.19 bits per heavy atom. The molecule has 1 aromatic heterocycles. The van der Waals surface area contributed by atoms with Gasteiger partial charge in [0.25, 0.3) is 10.0 Å². The fourth-order valence-electron chi connectivity index (χ4n) is 1.48. The van der Waals surface area contributed by atoms with Gasteiger partial charge in [-0.15, -0.1) is 0 Å². The van der Waals surface area contributed by atoms with E-state index >= 15 is 0 Å². The number of rotatable bonds is 3. The molecule has 1 atom stereocenters. The molecule has 1 heterocycles. The molecule has 0 bridgehead atoms. The molecule has 1 aromatic rings. The van der Waals surface area contributed by atoms with Crippen LogP contribution in [0.3, 0.4) is 0 Å². The van der Waals surface area contributed by atoms with Gasteiger partial charge in [0, 0.05) is 12.2 Å². The van der Waals surface area contributed by atoms with Crippen LogP contribution in [0.25, 0.3) is 0 Å². The van der Waals surface area contributed by atoms with E-state index in [-0.39, 0.29) is 11.5 Å². The van der Waals surface area contributed by atoms with E-state index in [0.717, 1.165) is 12.5 Å². The minimum absolute atomic E-state index is 0.0433. The Morgan fingerprint density at radius 1 is 1.56 bits per heavy atom. The average molecular weight is 244 g/mol. The zero-order chi connectivity index (χ0) is 12.0. The van der Waals surface area contributed by atoms with Gasteiger partial charge in [-0.25, -0.2) is 22.5 Å². The van der Waals surface area contributed by atoms with Crippen molar-refractivity contribution >= 4 is 10.0 Å². The molecule has 0 aromatic carbocycles. The highest BCUT2D eigenvalue weighted by atomic mass is 32.2. The zero-order valence-electron chi connectivity index (χ0n) is 9.07. The van der Waals surface area contributed by atoms with Crippen molar-refractivity contribution < 1.29 is 12.8 Å². The number of pyridine rings is 1. The van der Waals surface area contributed by atoms with Gasteiger partial charge in [-0.05, 0) is 24.0 Å². The fraction of sp³-hybridized carbons (Fsp3) is 0.500. The lowest BCUT2D eigenvalue weighted by Gasteiger charge is -2.07. The first kappa shape index (κ1) is 11.5. The Morgan fingerprint density at radius 3 is 2.69 bits per heavy atom. The number of aromatic nitrogens is 1. The summed E-state index contributed by atoms with van der Waals surface area (Å²) in [7, 11) is -3.83. The standard InChI is InChI=1S/C10H13FN2O2S/c1-10(2)6-8(10)13-16(14,15)9-7(11)4-3-5-12-9/h3-5,8,13H,6H2,1-2H3. The highest BCUT2D eigenvalue weighted by molar-refractivity contribution is 7.89. The van der Waals surface area contributed by atoms with Crippen molar-refractivity contribution in [2.75, 3.05) is 0 Å². The third-order valence-electron chi connectivity index (χ3n) is 2.79. The van der Waals surface area contributed by atoms with E-state index in [4.69, 9.17) is 0 Å². The maximum absolute atomic E-state index is 13.3. The predicted molar refractivity (Wildman–Crippen MR) is 56.7 cm³/mol. The lowest BCUT2D eigenvalue weighted by molar-refractivity contribution is 0.531. The van der Waals surface area contributed by atoms with E-state index in [2.05, 4.69) is 9.71 Å². The van der Waals surface area contributed by atoms with Crippen LogP contribution in [0.15, 0.2) is 23.4 Å². The van der Waals surface area contributed by atoms with Crippen molar-refractivity contribution in [3.8, 4) is 0 Å². The molecule has 1 N–H and O–H groups in total. The summed E-state index contributed by atoms with van der Waals surface area (Å²) in [6.45, 7) is 3.91. The second kappa shape index (κ2) is 3.49. The summed E-state index contributed by atoms with van der Waals surface area (Å²) in [6.07, 6.45) is 2.02. The van der Waals surface area contributed by atoms with Crippen molar-refractivity contribution in [2.24, 2.45) is 5.41 Å². The number of nitrogens with one attached hydrogen (secondary N) is 1. The summed E-state index contributed by atoms with van der Waals surface area (Å²) in [5.41, 5.74) is -0.0433. The number of nitrogens with zero attached hydrogens (tertiary/aromatic N) is 1. The average Bonchev–Trinajstić information content (AvgIpc) is 2.72. The second-order valence-electron chi connectivity index (χ2n) is 4.66. The molecule has 4 nitrogen and oxygen atoms in total. The molecular formula is C10H13FN2O2S. The molecule has 1 unspecified atom stereocenters. The summed E-state index contributed by atoms with van der Waals surface area (Å²) >= 11 is 0. The Labute approximate surface area is 93.9 Å². The maximum Gasteiger partial charge on any atom is 0.261 e. The molecule has 0 saturated heterocycles. The van der Waals surface area contributed by atoms with Crippen LogP contribution in [0.5, 0.6) is 0 Å². The molecule has 0 aliphatic heterocycles. The third kappa shape index (κ3) is 2.08. The van der Waals surface area contributed by atoms with Gasteiger partial charge < -0.3 is 0 Å². The number of halogens is 1. The first-order valence-electron chi connectivity index (χ1n) is 4.96. The first-order valence-corrected chi connectivity index (χ1v) is 6.44. The van der Waals surface area contributed by atoms with Crippen LogP contribution in [-0.4, -0.2) is 19.4 Å². The van der Waals surface area contributed by atoms with Gasteiger partial charge in [-0.2, -0.15) is 0 Å². The molecule has 1 aliphatic rings. The van der Waals surface area contributed by atoms with Gasteiger partial charge in [0.2, 0.25) is 5.03 Å². The topological polar surface area (TPSA) is 59.1 Å². The van der Waals surface area contributed by atoms with E-state index in [1.54, 1.807) is 0 Å². The first-order chi connectivity index (χ1) is 7.33. The minimum Gasteiger partial charge on any atom is -0.241 e. The van der Waals surface area contributed by atoms with Crippen molar-refractivity contribution in [1.29, 1.82) is 0 Å². The lowest BCUT2D eigenvalue weighted by Crippen LogP contribution is -2.29. The van der Waals surface area contributed by atoms with Crippen LogP contribution in [0.2, 0.25) is 0 Å². The summed E-state index contributed by atoms with van der Waals surface area (Å²) in [5, 5.41) is -0.530. The Balaban J connectivity index is 2.24. The monoisotopic (exact) mass is 244 g/mol. The van der Waals surface area contributed by atoms with E-state index in [1.165, 1.54) is 12.3 Å². The maximum atomic E-state index is 13.3. The molecule has 88 valence electrons. The van der Waals surface area contributed by atoms with Gasteiger partial charge in [0.15, 0.2) is 5.82 Å². The molecule has 1 fully saturated rings. The SMILES string of the molecule is CC1(C)CC1NS(=O)(=O)c1ncccc1F. The minimum atomic E-state index is -3.83. The van der Waals surface area contributed by atoms with Crippen molar-refractivity contribution in [3.05, 3.63) is 24.1 Å². The summed E-state index contributed by atoms with van der Waals surface area (Å²) in [6, 6.07) is 2.31. The summed E-state index contributed by atoms with van der Waals surface area (Å²) in [4.78, 5) is 3.55. The molecular weight excluding hydrogens is 231 g/mol. The van der Waals surface area contributed by atoms with Crippen LogP contribution < -0.4 is 4.72 Å².